The van der Waals surface area contributed by atoms with Crippen molar-refractivity contribution >= 4 is 0 Å². The Morgan fingerprint density at radius 2 is 2.29 bits per heavy atom. The largest absolute Gasteiger partial charge is 0.390 e. The summed E-state index contributed by atoms with van der Waals surface area (Å²) >= 11 is 0. The van der Waals surface area contributed by atoms with Gasteiger partial charge in [0.25, 0.3) is 0 Å². The average Bonchev–Trinajstić information content (AvgIpc) is 2.59. The van der Waals surface area contributed by atoms with Crippen molar-refractivity contribution in [3.8, 4) is 0 Å². The van der Waals surface area contributed by atoms with Crippen molar-refractivity contribution < 1.29 is 9.84 Å². The van der Waals surface area contributed by atoms with Crippen molar-refractivity contribution in [2.45, 2.75) is 50.7 Å². The van der Waals surface area contributed by atoms with Gasteiger partial charge in [0, 0.05) is 32.3 Å². The van der Waals surface area contributed by atoms with E-state index in [9.17, 15) is 5.11 Å². The molecular weight excluding hydrogens is 216 g/mol. The molecule has 0 amide bonds. The van der Waals surface area contributed by atoms with E-state index in [2.05, 4.69) is 4.98 Å². The van der Waals surface area contributed by atoms with E-state index >= 15 is 0 Å². The van der Waals surface area contributed by atoms with E-state index in [1.807, 2.05) is 31.7 Å². The molecule has 1 aliphatic rings. The van der Waals surface area contributed by atoms with Crippen LogP contribution in [0.3, 0.4) is 0 Å². The second kappa shape index (κ2) is 4.42. The van der Waals surface area contributed by atoms with Crippen molar-refractivity contribution in [2.75, 3.05) is 6.61 Å². The molecule has 96 valence electrons. The molecule has 1 atom stereocenters. The van der Waals surface area contributed by atoms with Gasteiger partial charge in [-0.05, 0) is 26.7 Å². The van der Waals surface area contributed by atoms with Crippen molar-refractivity contribution in [3.05, 3.63) is 18.2 Å². The summed E-state index contributed by atoms with van der Waals surface area (Å²) in [6.45, 7) is 4.72. The fraction of sp³-hybridized carbons (Fsp3) is 0.769. The topological polar surface area (TPSA) is 47.3 Å². The lowest BCUT2D eigenvalue weighted by atomic mass is 9.81. The van der Waals surface area contributed by atoms with E-state index in [0.717, 1.165) is 25.1 Å². The molecule has 0 aromatic carbocycles. The molecule has 1 fully saturated rings. The number of nitrogens with zero attached hydrogens (tertiary/aromatic N) is 2. The molecule has 0 saturated carbocycles. The highest BCUT2D eigenvalue weighted by Gasteiger charge is 2.39. The average molecular weight is 238 g/mol. The molecule has 0 bridgehead atoms. The van der Waals surface area contributed by atoms with Crippen LogP contribution in [0.25, 0.3) is 0 Å². The Labute approximate surface area is 103 Å². The number of ether oxygens (including phenoxy) is 1. The van der Waals surface area contributed by atoms with Crippen LogP contribution in [0, 0.1) is 0 Å². The number of rotatable bonds is 3. The molecule has 1 aliphatic heterocycles. The van der Waals surface area contributed by atoms with E-state index in [4.69, 9.17) is 4.74 Å². The maximum absolute atomic E-state index is 10.6. The number of aliphatic hydroxyl groups is 1. The van der Waals surface area contributed by atoms with Crippen LogP contribution >= 0.6 is 0 Å². The summed E-state index contributed by atoms with van der Waals surface area (Å²) in [6, 6.07) is 0. The first-order chi connectivity index (χ1) is 7.90. The Morgan fingerprint density at radius 1 is 1.53 bits per heavy atom. The molecule has 4 heteroatoms. The molecule has 17 heavy (non-hydrogen) atoms. The Balaban J connectivity index is 1.96. The van der Waals surface area contributed by atoms with Crippen LogP contribution in [0.4, 0.5) is 0 Å². The minimum atomic E-state index is -0.603. The van der Waals surface area contributed by atoms with Gasteiger partial charge >= 0.3 is 0 Å². The number of aryl methyl sites for hydroxylation is 2. The zero-order valence-electron chi connectivity index (χ0n) is 10.9. The zero-order chi connectivity index (χ0) is 12.5. The highest BCUT2D eigenvalue weighted by atomic mass is 16.5. The monoisotopic (exact) mass is 238 g/mol. The van der Waals surface area contributed by atoms with Gasteiger partial charge in [-0.2, -0.15) is 0 Å². The molecule has 0 aliphatic carbocycles. The summed E-state index contributed by atoms with van der Waals surface area (Å²) in [5, 5.41) is 10.6. The summed E-state index contributed by atoms with van der Waals surface area (Å²) < 4.78 is 7.65. The van der Waals surface area contributed by atoms with Gasteiger partial charge < -0.3 is 14.4 Å². The Bertz CT molecular complexity index is 387. The third-order valence-corrected chi connectivity index (χ3v) is 3.55. The zero-order valence-corrected chi connectivity index (χ0v) is 10.9. The molecule has 1 N–H and O–H groups in total. The number of hydrogen-bond acceptors (Lipinski definition) is 3. The van der Waals surface area contributed by atoms with Gasteiger partial charge in [0.1, 0.15) is 5.82 Å². The van der Waals surface area contributed by atoms with Gasteiger partial charge in [-0.3, -0.25) is 0 Å². The van der Waals surface area contributed by atoms with Crippen LogP contribution in [0.2, 0.25) is 0 Å². The number of hydrogen-bond donors (Lipinski definition) is 1. The summed E-state index contributed by atoms with van der Waals surface area (Å²) in [7, 11) is 1.99. The SMILES string of the molecule is Cn1ccnc1CCC1(O)CCOC(C)(C)C1. The molecule has 1 unspecified atom stereocenters. The van der Waals surface area contributed by atoms with Crippen LogP contribution < -0.4 is 0 Å². The standard InChI is InChI=1S/C13H22N2O2/c1-12(2)10-13(16,6-9-17-12)5-4-11-14-7-8-15(11)3/h7-8,16H,4-6,9-10H2,1-3H3. The van der Waals surface area contributed by atoms with Gasteiger partial charge in [-0.15, -0.1) is 0 Å². The van der Waals surface area contributed by atoms with Crippen LogP contribution in [-0.2, 0) is 18.2 Å². The fourth-order valence-corrected chi connectivity index (χ4v) is 2.64. The van der Waals surface area contributed by atoms with Crippen LogP contribution in [0.1, 0.15) is 38.9 Å². The Morgan fingerprint density at radius 3 is 2.88 bits per heavy atom. The van der Waals surface area contributed by atoms with Gasteiger partial charge in [0.2, 0.25) is 0 Å². The third-order valence-electron chi connectivity index (χ3n) is 3.55. The summed E-state index contributed by atoms with van der Waals surface area (Å²) in [4.78, 5) is 4.29. The molecule has 1 saturated heterocycles. The summed E-state index contributed by atoms with van der Waals surface area (Å²) in [6.07, 6.45) is 6.73. The Kier molecular flexibility index (Phi) is 3.27. The van der Waals surface area contributed by atoms with E-state index in [1.54, 1.807) is 6.20 Å². The maximum Gasteiger partial charge on any atom is 0.108 e. The number of aromatic nitrogens is 2. The lowest BCUT2D eigenvalue weighted by Gasteiger charge is -2.41. The summed E-state index contributed by atoms with van der Waals surface area (Å²) in [5.74, 6) is 1.03. The van der Waals surface area contributed by atoms with Crippen molar-refractivity contribution in [1.29, 1.82) is 0 Å². The molecular formula is C13H22N2O2. The van der Waals surface area contributed by atoms with Gasteiger partial charge in [0.05, 0.1) is 17.8 Å². The quantitative estimate of drug-likeness (QED) is 0.871. The second-order valence-electron chi connectivity index (χ2n) is 5.71. The molecule has 4 nitrogen and oxygen atoms in total. The van der Waals surface area contributed by atoms with Crippen molar-refractivity contribution in [3.63, 3.8) is 0 Å². The van der Waals surface area contributed by atoms with E-state index < -0.39 is 5.60 Å². The maximum atomic E-state index is 10.6. The van der Waals surface area contributed by atoms with Crippen LogP contribution in [-0.4, -0.2) is 32.5 Å². The number of imidazole rings is 1. The predicted octanol–water partition coefficient (Wildman–Crippen LogP) is 1.67. The molecule has 2 heterocycles. The van der Waals surface area contributed by atoms with Gasteiger partial charge in [-0.1, -0.05) is 0 Å². The van der Waals surface area contributed by atoms with E-state index in [-0.39, 0.29) is 5.60 Å². The molecule has 1 aromatic rings. The van der Waals surface area contributed by atoms with Crippen LogP contribution in [0.5, 0.6) is 0 Å². The predicted molar refractivity (Wildman–Crippen MR) is 65.7 cm³/mol. The van der Waals surface area contributed by atoms with E-state index in [0.29, 0.717) is 13.0 Å². The van der Waals surface area contributed by atoms with Gasteiger partial charge in [0.15, 0.2) is 0 Å². The summed E-state index contributed by atoms with van der Waals surface area (Å²) in [5.41, 5.74) is -0.817. The minimum absolute atomic E-state index is 0.214. The fourth-order valence-electron chi connectivity index (χ4n) is 2.64. The molecule has 0 radical (unpaired) electrons. The first kappa shape index (κ1) is 12.6. The lowest BCUT2D eigenvalue weighted by Crippen LogP contribution is -2.46. The van der Waals surface area contributed by atoms with E-state index in [1.165, 1.54) is 0 Å². The first-order valence-corrected chi connectivity index (χ1v) is 6.23. The third kappa shape index (κ3) is 3.07. The lowest BCUT2D eigenvalue weighted by molar-refractivity contribution is -0.146. The molecule has 1 aromatic heterocycles. The van der Waals surface area contributed by atoms with Crippen molar-refractivity contribution in [2.24, 2.45) is 7.05 Å². The Hall–Kier alpha value is -0.870. The highest BCUT2D eigenvalue weighted by molar-refractivity contribution is 4.96. The minimum Gasteiger partial charge on any atom is -0.390 e. The first-order valence-electron chi connectivity index (χ1n) is 6.23. The van der Waals surface area contributed by atoms with Crippen molar-refractivity contribution in [1.82, 2.24) is 9.55 Å². The van der Waals surface area contributed by atoms with Crippen LogP contribution in [0.15, 0.2) is 12.4 Å². The highest BCUT2D eigenvalue weighted by Crippen LogP contribution is 2.34. The second-order valence-corrected chi connectivity index (χ2v) is 5.71. The van der Waals surface area contributed by atoms with Gasteiger partial charge in [-0.25, -0.2) is 4.98 Å². The normalized spacial score (nSPS) is 28.2. The smallest absolute Gasteiger partial charge is 0.108 e. The molecule has 2 rings (SSSR count). The molecule has 0 spiro atoms.